The molecule has 35 heavy (non-hydrogen) atoms. The second kappa shape index (κ2) is 9.71. The molecular weight excluding hydrogens is 447 g/mol. The number of hydrogen-bond acceptors (Lipinski definition) is 3. The van der Waals surface area contributed by atoms with Gasteiger partial charge in [-0.15, -0.1) is 0 Å². The van der Waals surface area contributed by atoms with Gasteiger partial charge in [0.05, 0.1) is 6.54 Å². The minimum Gasteiger partial charge on any atom is -0.494 e. The summed E-state index contributed by atoms with van der Waals surface area (Å²) in [5, 5.41) is 1.55. The molecule has 4 heteroatoms. The number of benzene rings is 1. The van der Waals surface area contributed by atoms with Gasteiger partial charge in [-0.3, -0.25) is 0 Å². The Morgan fingerprint density at radius 1 is 1.09 bits per heavy atom. The van der Waals surface area contributed by atoms with Crippen LogP contribution in [0.3, 0.4) is 0 Å². The summed E-state index contributed by atoms with van der Waals surface area (Å²) in [7, 11) is 0.915. The number of allylic oxidation sites excluding steroid dienone is 3. The van der Waals surface area contributed by atoms with Crippen molar-refractivity contribution in [1.82, 2.24) is 0 Å². The van der Waals surface area contributed by atoms with Gasteiger partial charge in [0, 0.05) is 29.5 Å². The highest BCUT2D eigenvalue weighted by molar-refractivity contribution is 7.48. The summed E-state index contributed by atoms with van der Waals surface area (Å²) in [5.41, 5.74) is 11.2. The number of nitrogens with two attached hydrogens (primary N) is 1. The van der Waals surface area contributed by atoms with E-state index in [1.54, 1.807) is 16.6 Å². The third-order valence-corrected chi connectivity index (χ3v) is 11.4. The standard InChI is InChI=1S/C29H39N2OP.C2H6/c1-19(17-30)32-21-12-14-28(2)20(16-21)8-9-22-23-10-11-27(29(23,3)15-13-24(22)28)31-18-33-26-7-5-4-6-25(26)31;1-2/h4-8,11,21-24,33H,1,9-10,12-18,30H2,2-3H3;1-2H3. The van der Waals surface area contributed by atoms with Gasteiger partial charge in [0.1, 0.15) is 11.9 Å². The highest BCUT2D eigenvalue weighted by Crippen LogP contribution is 2.65. The first-order chi connectivity index (χ1) is 16.9. The summed E-state index contributed by atoms with van der Waals surface area (Å²) in [6.45, 7) is 13.6. The Morgan fingerprint density at radius 2 is 1.86 bits per heavy atom. The van der Waals surface area contributed by atoms with Crippen molar-refractivity contribution < 1.29 is 4.74 Å². The van der Waals surface area contributed by atoms with Crippen LogP contribution in [0.5, 0.6) is 0 Å². The van der Waals surface area contributed by atoms with Crippen molar-refractivity contribution >= 4 is 19.6 Å². The Hall–Kier alpha value is -1.57. The van der Waals surface area contributed by atoms with Crippen molar-refractivity contribution in [1.29, 1.82) is 0 Å². The summed E-state index contributed by atoms with van der Waals surface area (Å²) in [6, 6.07) is 9.09. The lowest BCUT2D eigenvalue weighted by atomic mass is 9.47. The summed E-state index contributed by atoms with van der Waals surface area (Å²) in [6.07, 6.45) is 15.3. The topological polar surface area (TPSA) is 38.5 Å². The molecular formula is C31H45N2OP. The van der Waals surface area contributed by atoms with Gasteiger partial charge in [-0.2, -0.15) is 0 Å². The van der Waals surface area contributed by atoms with Crippen molar-refractivity contribution in [3.8, 4) is 0 Å². The van der Waals surface area contributed by atoms with Gasteiger partial charge >= 0.3 is 0 Å². The van der Waals surface area contributed by atoms with Crippen LogP contribution in [0.15, 0.2) is 60.0 Å². The lowest BCUT2D eigenvalue weighted by molar-refractivity contribution is -0.0337. The zero-order chi connectivity index (χ0) is 24.8. The number of rotatable bonds is 4. The molecule has 2 N–H and O–H groups in total. The van der Waals surface area contributed by atoms with Gasteiger partial charge < -0.3 is 15.4 Å². The van der Waals surface area contributed by atoms with Gasteiger partial charge in [0.25, 0.3) is 0 Å². The molecule has 0 spiro atoms. The number of para-hydroxylation sites is 1. The highest BCUT2D eigenvalue weighted by Gasteiger charge is 2.57. The van der Waals surface area contributed by atoms with Gasteiger partial charge in [-0.25, -0.2) is 0 Å². The van der Waals surface area contributed by atoms with Crippen LogP contribution in [0.1, 0.15) is 72.6 Å². The van der Waals surface area contributed by atoms with Crippen LogP contribution in [-0.4, -0.2) is 18.9 Å². The first-order valence-corrected chi connectivity index (χ1v) is 15.2. The minimum absolute atomic E-state index is 0.265. The molecule has 190 valence electrons. The second-order valence-electron chi connectivity index (χ2n) is 11.5. The van der Waals surface area contributed by atoms with E-state index in [9.17, 15) is 0 Å². The van der Waals surface area contributed by atoms with Crippen LogP contribution in [0.25, 0.3) is 0 Å². The van der Waals surface area contributed by atoms with Crippen molar-refractivity contribution in [2.45, 2.75) is 78.7 Å². The van der Waals surface area contributed by atoms with E-state index in [0.717, 1.165) is 44.9 Å². The number of anilines is 1. The smallest absolute Gasteiger partial charge is 0.103 e. The summed E-state index contributed by atoms with van der Waals surface area (Å²) in [5.74, 6) is 3.14. The predicted octanol–water partition coefficient (Wildman–Crippen LogP) is 7.11. The molecule has 1 aromatic carbocycles. The molecule has 3 nitrogen and oxygen atoms in total. The minimum atomic E-state index is 0.265. The van der Waals surface area contributed by atoms with Crippen LogP contribution in [0.4, 0.5) is 5.69 Å². The maximum absolute atomic E-state index is 6.08. The zero-order valence-electron chi connectivity index (χ0n) is 22.3. The Balaban J connectivity index is 0.00000124. The summed E-state index contributed by atoms with van der Waals surface area (Å²) >= 11 is 0. The lowest BCUT2D eigenvalue weighted by Gasteiger charge is -2.58. The fourth-order valence-corrected chi connectivity index (χ4v) is 9.58. The number of fused-ring (bicyclic) bond motifs is 6. The molecule has 5 aliphatic rings. The van der Waals surface area contributed by atoms with Crippen LogP contribution in [0, 0.1) is 28.6 Å². The molecule has 0 aromatic heterocycles. The molecule has 0 bridgehead atoms. The molecule has 2 fully saturated rings. The van der Waals surface area contributed by atoms with E-state index >= 15 is 0 Å². The first-order valence-electron chi connectivity index (χ1n) is 14.0. The average molecular weight is 493 g/mol. The third kappa shape index (κ3) is 4.02. The molecule has 0 radical (unpaired) electrons. The Bertz CT molecular complexity index is 1030. The fraction of sp³-hybridized carbons (Fsp3) is 0.613. The monoisotopic (exact) mass is 492 g/mol. The molecule has 6 rings (SSSR count). The maximum Gasteiger partial charge on any atom is 0.103 e. The third-order valence-electron chi connectivity index (χ3n) is 10.1. The number of hydrogen-bond donors (Lipinski definition) is 1. The molecule has 0 amide bonds. The SMILES string of the molecule is C=C(CN)OC1CCC2(C)C(=CCC3C2CCC2(C)C(N4CPc5ccccc54)=CCC32)C1.CC. The van der Waals surface area contributed by atoms with E-state index in [2.05, 4.69) is 61.7 Å². The van der Waals surface area contributed by atoms with Crippen molar-refractivity contribution in [3.05, 3.63) is 60.0 Å². The summed E-state index contributed by atoms with van der Waals surface area (Å²) < 4.78 is 6.08. The van der Waals surface area contributed by atoms with E-state index in [0.29, 0.717) is 17.4 Å². The molecule has 7 unspecified atom stereocenters. The van der Waals surface area contributed by atoms with E-state index in [-0.39, 0.29) is 6.10 Å². The van der Waals surface area contributed by atoms with Gasteiger partial charge in [0.15, 0.2) is 0 Å². The Kier molecular flexibility index (Phi) is 6.96. The van der Waals surface area contributed by atoms with Crippen molar-refractivity contribution in [3.63, 3.8) is 0 Å². The van der Waals surface area contributed by atoms with E-state index in [1.807, 2.05) is 13.8 Å². The summed E-state index contributed by atoms with van der Waals surface area (Å²) in [4.78, 5) is 2.69. The Morgan fingerprint density at radius 3 is 2.66 bits per heavy atom. The van der Waals surface area contributed by atoms with Gasteiger partial charge in [-0.05, 0) is 73.1 Å². The van der Waals surface area contributed by atoms with E-state index in [4.69, 9.17) is 10.5 Å². The molecule has 0 saturated heterocycles. The van der Waals surface area contributed by atoms with Crippen LogP contribution < -0.4 is 15.9 Å². The maximum atomic E-state index is 6.08. The largest absolute Gasteiger partial charge is 0.494 e. The normalized spacial score (nSPS) is 37.7. The molecule has 1 heterocycles. The fourth-order valence-electron chi connectivity index (χ4n) is 8.30. The number of ether oxygens (including phenoxy) is 1. The average Bonchev–Trinajstić information content (AvgIpc) is 3.45. The molecule has 2 saturated carbocycles. The molecule has 4 aliphatic carbocycles. The van der Waals surface area contributed by atoms with Gasteiger partial charge in [0.2, 0.25) is 0 Å². The van der Waals surface area contributed by atoms with Crippen LogP contribution in [-0.2, 0) is 4.74 Å². The first kappa shape index (κ1) is 25.1. The van der Waals surface area contributed by atoms with E-state index in [1.165, 1.54) is 44.1 Å². The van der Waals surface area contributed by atoms with E-state index < -0.39 is 0 Å². The molecule has 1 aliphatic heterocycles. The molecule has 7 atom stereocenters. The Labute approximate surface area is 215 Å². The van der Waals surface area contributed by atoms with Crippen LogP contribution in [0.2, 0.25) is 0 Å². The zero-order valence-corrected chi connectivity index (χ0v) is 23.3. The highest BCUT2D eigenvalue weighted by atomic mass is 31.1. The lowest BCUT2D eigenvalue weighted by Crippen LogP contribution is -2.51. The molecule has 1 aromatic rings. The van der Waals surface area contributed by atoms with Crippen molar-refractivity contribution in [2.75, 3.05) is 17.7 Å². The number of nitrogens with zero attached hydrogens (tertiary/aromatic N) is 1. The second-order valence-corrected chi connectivity index (χ2v) is 12.8. The predicted molar refractivity (Wildman–Crippen MR) is 151 cm³/mol. The quantitative estimate of drug-likeness (QED) is 0.277. The van der Waals surface area contributed by atoms with Gasteiger partial charge in [-0.1, -0.05) is 78.8 Å². The van der Waals surface area contributed by atoms with Crippen LogP contribution >= 0.6 is 8.58 Å². The van der Waals surface area contributed by atoms with Crippen molar-refractivity contribution in [2.24, 2.45) is 34.3 Å².